The summed E-state index contributed by atoms with van der Waals surface area (Å²) in [5, 5.41) is 12.9. The molecule has 7 rings (SSSR count). The Morgan fingerprint density at radius 2 is 2.11 bits per heavy atom. The topological polar surface area (TPSA) is 113 Å². The minimum absolute atomic E-state index is 0.0244. The van der Waals surface area contributed by atoms with E-state index in [1.54, 1.807) is 10.9 Å². The molecule has 0 radical (unpaired) electrons. The third kappa shape index (κ3) is 3.14. The maximum Gasteiger partial charge on any atom is 0.341 e. The molecule has 36 heavy (non-hydrogen) atoms. The van der Waals surface area contributed by atoms with Crippen molar-refractivity contribution in [2.45, 2.75) is 43.8 Å². The van der Waals surface area contributed by atoms with Gasteiger partial charge in [0.25, 0.3) is 0 Å². The van der Waals surface area contributed by atoms with Crippen LogP contribution < -0.4 is 25.3 Å². The van der Waals surface area contributed by atoms with E-state index in [1.807, 2.05) is 17.9 Å². The molecule has 2 aromatic heterocycles. The summed E-state index contributed by atoms with van der Waals surface area (Å²) in [4.78, 5) is 37.5. The van der Waals surface area contributed by atoms with Crippen molar-refractivity contribution in [2.24, 2.45) is 0 Å². The van der Waals surface area contributed by atoms with E-state index in [4.69, 9.17) is 4.74 Å². The maximum absolute atomic E-state index is 15.6. The van der Waals surface area contributed by atoms with Gasteiger partial charge in [-0.1, -0.05) is 0 Å². The van der Waals surface area contributed by atoms with E-state index >= 15 is 4.39 Å². The summed E-state index contributed by atoms with van der Waals surface area (Å²) in [6.07, 6.45) is 6.08. The Kier molecular flexibility index (Phi) is 4.35. The first kappa shape index (κ1) is 21.4. The highest BCUT2D eigenvalue weighted by Gasteiger charge is 2.57. The van der Waals surface area contributed by atoms with Gasteiger partial charge in [-0.05, 0) is 32.3 Å². The van der Waals surface area contributed by atoms with Gasteiger partial charge in [0.2, 0.25) is 5.43 Å². The summed E-state index contributed by atoms with van der Waals surface area (Å²) in [5.74, 6) is 0.0757. The molecule has 1 aromatic carbocycles. The van der Waals surface area contributed by atoms with E-state index in [9.17, 15) is 14.7 Å². The van der Waals surface area contributed by atoms with Crippen LogP contribution in [0.4, 0.5) is 21.7 Å². The monoisotopic (exact) mass is 492 g/mol. The Hall–Kier alpha value is -3.89. The lowest BCUT2D eigenvalue weighted by atomic mass is 10.1. The van der Waals surface area contributed by atoms with E-state index in [1.165, 1.54) is 6.20 Å². The van der Waals surface area contributed by atoms with Crippen LogP contribution >= 0.6 is 0 Å². The Morgan fingerprint density at radius 3 is 2.89 bits per heavy atom. The summed E-state index contributed by atoms with van der Waals surface area (Å²) in [7, 11) is 0. The lowest BCUT2D eigenvalue weighted by Gasteiger charge is -2.31. The van der Waals surface area contributed by atoms with Gasteiger partial charge >= 0.3 is 5.97 Å². The number of aromatic nitrogens is 3. The number of carbonyl (C=O) groups is 1. The second-order valence-corrected chi connectivity index (χ2v) is 10.3. The van der Waals surface area contributed by atoms with Crippen molar-refractivity contribution >= 4 is 34.2 Å². The number of halogens is 1. The lowest BCUT2D eigenvalue weighted by molar-refractivity contribution is 0.0694. The Labute approximate surface area is 205 Å². The first-order valence-electron chi connectivity index (χ1n) is 12.2. The highest BCUT2D eigenvalue weighted by molar-refractivity contribution is 5.97. The molecule has 3 aromatic rings. The molecular formula is C25H25FN6O4. The quantitative estimate of drug-likeness (QED) is 0.519. The molecule has 11 heteroatoms. The molecule has 3 fully saturated rings. The number of rotatable bonds is 5. The Morgan fingerprint density at radius 1 is 1.28 bits per heavy atom. The van der Waals surface area contributed by atoms with Gasteiger partial charge in [0, 0.05) is 37.9 Å². The van der Waals surface area contributed by atoms with Gasteiger partial charge in [0.1, 0.15) is 35.8 Å². The number of ether oxygens (including phenoxy) is 1. The number of nitrogens with one attached hydrogen (secondary N) is 1. The number of nitrogens with zero attached hydrogens (tertiary/aromatic N) is 5. The average molecular weight is 493 g/mol. The molecule has 1 aliphatic carbocycles. The van der Waals surface area contributed by atoms with Crippen LogP contribution in [0.3, 0.4) is 0 Å². The number of carboxylic acids is 1. The average Bonchev–Trinajstić information content (AvgIpc) is 3.75. The van der Waals surface area contributed by atoms with Crippen molar-refractivity contribution in [1.29, 1.82) is 0 Å². The van der Waals surface area contributed by atoms with Gasteiger partial charge in [0.15, 0.2) is 11.6 Å². The van der Waals surface area contributed by atoms with Crippen molar-refractivity contribution < 1.29 is 19.0 Å². The molecule has 1 saturated carbocycles. The van der Waals surface area contributed by atoms with Gasteiger partial charge < -0.3 is 29.5 Å². The van der Waals surface area contributed by atoms with Crippen LogP contribution in [0.5, 0.6) is 5.75 Å². The Balaban J connectivity index is 1.24. The molecule has 10 nitrogen and oxygen atoms in total. The Bertz CT molecular complexity index is 1500. The summed E-state index contributed by atoms with van der Waals surface area (Å²) in [6, 6.07) is 3.44. The zero-order valence-corrected chi connectivity index (χ0v) is 19.7. The first-order valence-corrected chi connectivity index (χ1v) is 12.2. The number of anilines is 3. The van der Waals surface area contributed by atoms with Crippen LogP contribution in [0.25, 0.3) is 10.9 Å². The van der Waals surface area contributed by atoms with Gasteiger partial charge in [-0.15, -0.1) is 0 Å². The van der Waals surface area contributed by atoms with Crippen molar-refractivity contribution in [1.82, 2.24) is 14.5 Å². The zero-order chi connectivity index (χ0) is 24.8. The summed E-state index contributed by atoms with van der Waals surface area (Å²) in [5.41, 5.74) is -0.450. The van der Waals surface area contributed by atoms with Gasteiger partial charge in [-0.2, -0.15) is 0 Å². The van der Waals surface area contributed by atoms with Crippen LogP contribution in [-0.4, -0.2) is 63.4 Å². The molecule has 1 unspecified atom stereocenters. The molecule has 0 bridgehead atoms. The van der Waals surface area contributed by atoms with Crippen LogP contribution in [0, 0.1) is 5.82 Å². The molecule has 0 amide bonds. The second-order valence-electron chi connectivity index (χ2n) is 10.3. The second kappa shape index (κ2) is 7.31. The van der Waals surface area contributed by atoms with Gasteiger partial charge in [0.05, 0.1) is 22.5 Å². The largest absolute Gasteiger partial charge is 0.487 e. The van der Waals surface area contributed by atoms with Crippen molar-refractivity contribution in [3.63, 3.8) is 0 Å². The fourth-order valence-electron chi connectivity index (χ4n) is 5.65. The summed E-state index contributed by atoms with van der Waals surface area (Å²) >= 11 is 0. The molecule has 2 atom stereocenters. The number of pyridine rings is 1. The molecule has 3 aliphatic heterocycles. The fourth-order valence-corrected chi connectivity index (χ4v) is 5.65. The summed E-state index contributed by atoms with van der Waals surface area (Å²) < 4.78 is 23.3. The molecule has 2 N–H and O–H groups in total. The maximum atomic E-state index is 15.6. The molecule has 1 spiro atoms. The number of hydrogen-bond donors (Lipinski definition) is 2. The van der Waals surface area contributed by atoms with Crippen molar-refractivity contribution in [3.05, 3.63) is 46.3 Å². The highest BCUT2D eigenvalue weighted by Crippen LogP contribution is 2.49. The smallest absolute Gasteiger partial charge is 0.341 e. The number of aromatic carboxylic acids is 1. The fraction of sp³-hybridized carbons (Fsp3) is 0.440. The normalized spacial score (nSPS) is 24.3. The van der Waals surface area contributed by atoms with E-state index in [2.05, 4.69) is 20.2 Å². The number of benzene rings is 1. The van der Waals surface area contributed by atoms with Crippen molar-refractivity contribution in [3.8, 4) is 5.75 Å². The third-order valence-corrected chi connectivity index (χ3v) is 7.80. The lowest BCUT2D eigenvalue weighted by Crippen LogP contribution is -2.30. The van der Waals surface area contributed by atoms with Crippen LogP contribution in [0.2, 0.25) is 0 Å². The molecule has 5 heterocycles. The molecule has 4 aliphatic rings. The predicted molar refractivity (Wildman–Crippen MR) is 131 cm³/mol. The van der Waals surface area contributed by atoms with Gasteiger partial charge in [-0.3, -0.25) is 4.79 Å². The number of hydrogen-bond acceptors (Lipinski definition) is 8. The standard InChI is InChI=1S/C25H25FN6O4/c1-13-9-36-23-20-15(22(33)16(24(34)35)8-31(13)20)6-17(26)21(23)30-5-4-25(10-30)11-32(25)19-7-18(27-12-28-19)29-14-2-3-14/h6-8,12-14H,2-5,9-11H2,1H3,(H,34,35)(H,27,28,29)/t13-,25?,32?/m0/s1. The van der Waals surface area contributed by atoms with Crippen molar-refractivity contribution in [2.75, 3.05) is 41.4 Å². The van der Waals surface area contributed by atoms with E-state index < -0.39 is 17.2 Å². The van der Waals surface area contributed by atoms with Crippen LogP contribution in [-0.2, 0) is 0 Å². The molecular weight excluding hydrogens is 467 g/mol. The number of carboxylic acid groups (broad SMARTS) is 1. The van der Waals surface area contributed by atoms with Gasteiger partial charge in [-0.25, -0.2) is 19.2 Å². The molecule has 186 valence electrons. The van der Waals surface area contributed by atoms with Crippen LogP contribution in [0.15, 0.2) is 29.5 Å². The summed E-state index contributed by atoms with van der Waals surface area (Å²) in [6.45, 7) is 4.17. The minimum atomic E-state index is -1.33. The first-order chi connectivity index (χ1) is 17.3. The third-order valence-electron chi connectivity index (χ3n) is 7.80. The van der Waals surface area contributed by atoms with E-state index in [0.717, 1.165) is 43.5 Å². The minimum Gasteiger partial charge on any atom is -0.487 e. The molecule has 2 saturated heterocycles. The van der Waals surface area contributed by atoms with E-state index in [-0.39, 0.29) is 29.1 Å². The SMILES string of the molecule is C[C@H]1COc2c(N3CCC4(C3)CN4c3cc(NC4CC4)ncn3)c(F)cc3c(=O)c(C(=O)O)cn1c23. The zero-order valence-electron chi connectivity index (χ0n) is 19.7. The predicted octanol–water partition coefficient (Wildman–Crippen LogP) is 2.63. The van der Waals surface area contributed by atoms with E-state index in [0.29, 0.717) is 36.1 Å². The van der Waals surface area contributed by atoms with Crippen LogP contribution in [0.1, 0.15) is 42.6 Å². The highest BCUT2D eigenvalue weighted by atomic mass is 19.1.